The van der Waals surface area contributed by atoms with Crippen molar-refractivity contribution in [1.82, 2.24) is 10.2 Å². The molecule has 1 atom stereocenters. The number of carbonyl (C=O) groups is 2. The normalized spacial score (nSPS) is 19.3. The summed E-state index contributed by atoms with van der Waals surface area (Å²) in [4.78, 5) is 26.9. The Morgan fingerprint density at radius 1 is 1.43 bits per heavy atom. The summed E-state index contributed by atoms with van der Waals surface area (Å²) in [6.45, 7) is 8.40. The summed E-state index contributed by atoms with van der Waals surface area (Å²) in [5.41, 5.74) is -0.476. The fourth-order valence-corrected chi connectivity index (χ4v) is 3.38. The summed E-state index contributed by atoms with van der Waals surface area (Å²) < 4.78 is 5.25. The molecule has 0 aromatic carbocycles. The van der Waals surface area contributed by atoms with Gasteiger partial charge in [0.05, 0.1) is 11.4 Å². The molecule has 1 aliphatic heterocycles. The standard InChI is InChI=1S/C17H26N2O3S/c1-17(2,3)22-16(21)18-10-13-6-4-8-19(11-13)12-14(20)15-7-5-9-23-15/h5,7,9,13H,4,6,8,10-12H2,1-3H3,(H,18,21)/t13-/m0/s1. The van der Waals surface area contributed by atoms with Crippen LogP contribution in [-0.4, -0.2) is 48.6 Å². The van der Waals surface area contributed by atoms with E-state index in [0.29, 0.717) is 19.0 Å². The van der Waals surface area contributed by atoms with Gasteiger partial charge >= 0.3 is 6.09 Å². The molecule has 2 heterocycles. The van der Waals surface area contributed by atoms with Crippen molar-refractivity contribution in [2.24, 2.45) is 5.92 Å². The molecule has 0 aliphatic carbocycles. The number of piperidine rings is 1. The first-order valence-electron chi connectivity index (χ1n) is 8.09. The van der Waals surface area contributed by atoms with Crippen molar-refractivity contribution in [2.75, 3.05) is 26.2 Å². The van der Waals surface area contributed by atoms with Crippen LogP contribution < -0.4 is 5.32 Å². The molecule has 5 nitrogen and oxygen atoms in total. The minimum Gasteiger partial charge on any atom is -0.444 e. The number of likely N-dealkylation sites (tertiary alicyclic amines) is 1. The fourth-order valence-electron chi connectivity index (χ4n) is 2.72. The quantitative estimate of drug-likeness (QED) is 0.838. The number of Topliss-reactive ketones (excluding diaryl/α,β-unsaturated/α-hetero) is 1. The van der Waals surface area contributed by atoms with Gasteiger partial charge in [-0.1, -0.05) is 6.07 Å². The summed E-state index contributed by atoms with van der Waals surface area (Å²) in [6, 6.07) is 3.78. The Hall–Kier alpha value is -1.40. The number of thiophene rings is 1. The maximum Gasteiger partial charge on any atom is 0.407 e. The summed E-state index contributed by atoms with van der Waals surface area (Å²) in [7, 11) is 0. The van der Waals surface area contributed by atoms with Gasteiger partial charge in [-0.25, -0.2) is 4.79 Å². The summed E-state index contributed by atoms with van der Waals surface area (Å²) in [5.74, 6) is 0.549. The van der Waals surface area contributed by atoms with E-state index in [1.165, 1.54) is 11.3 Å². The summed E-state index contributed by atoms with van der Waals surface area (Å²) >= 11 is 1.49. The molecule has 6 heteroatoms. The first-order valence-corrected chi connectivity index (χ1v) is 8.97. The lowest BCUT2D eigenvalue weighted by Crippen LogP contribution is -2.43. The van der Waals surface area contributed by atoms with Crippen LogP contribution in [0.2, 0.25) is 0 Å². The SMILES string of the molecule is CC(C)(C)OC(=O)NC[C@@H]1CCCN(CC(=O)c2cccs2)C1. The molecule has 0 spiro atoms. The Morgan fingerprint density at radius 3 is 2.87 bits per heavy atom. The smallest absolute Gasteiger partial charge is 0.407 e. The monoisotopic (exact) mass is 338 g/mol. The zero-order chi connectivity index (χ0) is 16.9. The van der Waals surface area contributed by atoms with Crippen LogP contribution in [-0.2, 0) is 4.74 Å². The van der Waals surface area contributed by atoms with Gasteiger partial charge in [0.25, 0.3) is 0 Å². The average molecular weight is 338 g/mol. The van der Waals surface area contributed by atoms with Gasteiger partial charge in [0.1, 0.15) is 5.60 Å². The van der Waals surface area contributed by atoms with Crippen LogP contribution in [0.4, 0.5) is 4.79 Å². The number of nitrogens with zero attached hydrogens (tertiary/aromatic N) is 1. The van der Waals surface area contributed by atoms with Crippen molar-refractivity contribution < 1.29 is 14.3 Å². The van der Waals surface area contributed by atoms with E-state index in [1.807, 2.05) is 38.3 Å². The van der Waals surface area contributed by atoms with Crippen molar-refractivity contribution in [2.45, 2.75) is 39.2 Å². The molecular formula is C17H26N2O3S. The van der Waals surface area contributed by atoms with Crippen molar-refractivity contribution >= 4 is 23.2 Å². The van der Waals surface area contributed by atoms with E-state index in [4.69, 9.17) is 4.74 Å². The molecule has 23 heavy (non-hydrogen) atoms. The topological polar surface area (TPSA) is 58.6 Å². The van der Waals surface area contributed by atoms with E-state index in [0.717, 1.165) is 30.8 Å². The molecule has 1 saturated heterocycles. The van der Waals surface area contributed by atoms with Crippen LogP contribution in [0.15, 0.2) is 17.5 Å². The minimum absolute atomic E-state index is 0.181. The second-order valence-corrected chi connectivity index (χ2v) is 7.97. The third kappa shape index (κ3) is 6.31. The Balaban J connectivity index is 1.75. The van der Waals surface area contributed by atoms with Gasteiger partial charge in [-0.3, -0.25) is 9.69 Å². The highest BCUT2D eigenvalue weighted by molar-refractivity contribution is 7.12. The lowest BCUT2D eigenvalue weighted by atomic mass is 9.98. The highest BCUT2D eigenvalue weighted by Crippen LogP contribution is 2.18. The lowest BCUT2D eigenvalue weighted by Gasteiger charge is -2.32. The first-order chi connectivity index (χ1) is 10.8. The number of hydrogen-bond donors (Lipinski definition) is 1. The Morgan fingerprint density at radius 2 is 2.22 bits per heavy atom. The maximum atomic E-state index is 12.2. The van der Waals surface area contributed by atoms with Gasteiger partial charge in [0.15, 0.2) is 5.78 Å². The molecule has 0 bridgehead atoms. The van der Waals surface area contributed by atoms with Gasteiger partial charge < -0.3 is 10.1 Å². The predicted octanol–water partition coefficient (Wildman–Crippen LogP) is 3.17. The molecule has 1 amide bonds. The molecule has 1 aromatic rings. The van der Waals surface area contributed by atoms with Crippen molar-refractivity contribution in [3.63, 3.8) is 0 Å². The third-order valence-electron chi connectivity index (χ3n) is 3.70. The third-order valence-corrected chi connectivity index (χ3v) is 4.61. The van der Waals surface area contributed by atoms with Gasteiger partial charge in [0, 0.05) is 13.1 Å². The van der Waals surface area contributed by atoms with E-state index in [-0.39, 0.29) is 11.9 Å². The molecule has 1 fully saturated rings. The van der Waals surface area contributed by atoms with Gasteiger partial charge in [-0.15, -0.1) is 11.3 Å². The van der Waals surface area contributed by atoms with Crippen LogP contribution in [0, 0.1) is 5.92 Å². The second-order valence-electron chi connectivity index (χ2n) is 7.03. The zero-order valence-corrected chi connectivity index (χ0v) is 14.9. The zero-order valence-electron chi connectivity index (χ0n) is 14.1. The number of nitrogens with one attached hydrogen (secondary N) is 1. The Kier molecular flexibility index (Phi) is 6.18. The van der Waals surface area contributed by atoms with Gasteiger partial charge in [0.2, 0.25) is 0 Å². The number of carbonyl (C=O) groups excluding carboxylic acids is 2. The van der Waals surface area contributed by atoms with E-state index in [1.54, 1.807) is 0 Å². The van der Waals surface area contributed by atoms with Crippen molar-refractivity contribution in [3.05, 3.63) is 22.4 Å². The van der Waals surface area contributed by atoms with Crippen molar-refractivity contribution in [3.8, 4) is 0 Å². The highest BCUT2D eigenvalue weighted by atomic mass is 32.1. The Labute approximate surface area is 142 Å². The molecule has 2 rings (SSSR count). The van der Waals surface area contributed by atoms with Gasteiger partial charge in [-0.2, -0.15) is 0 Å². The number of hydrogen-bond acceptors (Lipinski definition) is 5. The van der Waals surface area contributed by atoms with Crippen molar-refractivity contribution in [1.29, 1.82) is 0 Å². The summed E-state index contributed by atoms with van der Waals surface area (Å²) in [5, 5.41) is 4.77. The van der Waals surface area contributed by atoms with E-state index >= 15 is 0 Å². The van der Waals surface area contributed by atoms with E-state index < -0.39 is 5.60 Å². The minimum atomic E-state index is -0.476. The number of alkyl carbamates (subject to hydrolysis) is 1. The van der Waals surface area contributed by atoms with Crippen LogP contribution >= 0.6 is 11.3 Å². The highest BCUT2D eigenvalue weighted by Gasteiger charge is 2.23. The maximum absolute atomic E-state index is 12.2. The molecule has 128 valence electrons. The molecule has 1 N–H and O–H groups in total. The van der Waals surface area contributed by atoms with Crippen LogP contribution in [0.1, 0.15) is 43.3 Å². The predicted molar refractivity (Wildman–Crippen MR) is 92.1 cm³/mol. The number of rotatable bonds is 5. The number of amides is 1. The van der Waals surface area contributed by atoms with E-state index in [9.17, 15) is 9.59 Å². The number of ether oxygens (including phenoxy) is 1. The number of ketones is 1. The van der Waals surface area contributed by atoms with Crippen LogP contribution in [0.25, 0.3) is 0 Å². The largest absolute Gasteiger partial charge is 0.444 e. The second kappa shape index (κ2) is 7.93. The molecule has 0 unspecified atom stereocenters. The average Bonchev–Trinajstić information content (AvgIpc) is 2.98. The van der Waals surface area contributed by atoms with Crippen LogP contribution in [0.3, 0.4) is 0 Å². The lowest BCUT2D eigenvalue weighted by molar-refractivity contribution is 0.0504. The molecule has 1 aromatic heterocycles. The Bertz CT molecular complexity index is 522. The molecular weight excluding hydrogens is 312 g/mol. The summed E-state index contributed by atoms with van der Waals surface area (Å²) in [6.07, 6.45) is 1.75. The first kappa shape index (κ1) is 17.9. The fraction of sp³-hybridized carbons (Fsp3) is 0.647. The molecule has 0 saturated carbocycles. The molecule has 1 aliphatic rings. The molecule has 0 radical (unpaired) electrons. The van der Waals surface area contributed by atoms with E-state index in [2.05, 4.69) is 10.2 Å². The van der Waals surface area contributed by atoms with Crippen LogP contribution in [0.5, 0.6) is 0 Å². The van der Waals surface area contributed by atoms with Gasteiger partial charge in [-0.05, 0) is 57.5 Å².